The van der Waals surface area contributed by atoms with Crippen LogP contribution in [0, 0.1) is 0 Å². The Hall–Kier alpha value is 1.16. The van der Waals surface area contributed by atoms with Crippen molar-refractivity contribution < 1.29 is 4.20 Å². The van der Waals surface area contributed by atoms with Crippen LogP contribution < -0.4 is 0 Å². The second kappa shape index (κ2) is 19.1. The predicted octanol–water partition coefficient (Wildman–Crippen LogP) is 1.59. The average molecular weight is 157 g/mol. The van der Waals surface area contributed by atoms with Gasteiger partial charge in [-0.25, -0.2) is 4.20 Å². The lowest BCUT2D eigenvalue weighted by Crippen LogP contribution is -0.717. The second-order valence-corrected chi connectivity index (χ2v) is 0.802. The van der Waals surface area contributed by atoms with Gasteiger partial charge in [-0.1, -0.05) is 11.8 Å². The minimum Gasteiger partial charge on any atom is -0.224 e. The maximum Gasteiger partial charge on any atom is 0.0917 e. The van der Waals surface area contributed by atoms with Crippen molar-refractivity contribution in [2.45, 2.75) is 0 Å². The topological polar surface area (TPSA) is 0 Å². The van der Waals surface area contributed by atoms with Gasteiger partial charge in [-0.05, 0) is 0 Å². The third kappa shape index (κ3) is 38.3. The minimum atomic E-state index is -1.17. The lowest BCUT2D eigenvalue weighted by molar-refractivity contribution is 0.939. The molecule has 0 aliphatic rings. The SMILES string of the molecule is Cl.Cl.F[PH2]=S. The molecule has 0 spiro atoms. The highest BCUT2D eigenvalue weighted by molar-refractivity contribution is 7.94. The summed E-state index contributed by atoms with van der Waals surface area (Å²) in [6, 6.07) is 0. The zero-order valence-electron chi connectivity index (χ0n) is 2.18. The highest BCUT2D eigenvalue weighted by atomic mass is 35.5. The van der Waals surface area contributed by atoms with Crippen molar-refractivity contribution in [2.75, 3.05) is 0 Å². The first-order chi connectivity index (χ1) is 1.41. The first-order valence-corrected chi connectivity index (χ1v) is 2.78. The van der Waals surface area contributed by atoms with Crippen LogP contribution in [0.3, 0.4) is 0 Å². The van der Waals surface area contributed by atoms with Crippen LogP contribution in [0.25, 0.3) is 0 Å². The number of rotatable bonds is 0. The highest BCUT2D eigenvalue weighted by Gasteiger charge is 1.19. The average Bonchev–Trinajstić information content (AvgIpc) is 0.918. The molecule has 0 saturated heterocycles. The first kappa shape index (κ1) is 16.4. The Bertz CT molecular complexity index is 17.1. The van der Waals surface area contributed by atoms with E-state index in [1.165, 1.54) is 0 Å². The van der Waals surface area contributed by atoms with Crippen molar-refractivity contribution in [3.05, 3.63) is 0 Å². The third-order valence-electron chi connectivity index (χ3n) is 0. The van der Waals surface area contributed by atoms with Crippen LogP contribution in [0.4, 0.5) is 4.20 Å². The van der Waals surface area contributed by atoms with E-state index in [-0.39, 0.29) is 24.8 Å². The largest absolute Gasteiger partial charge is 0.224 e. The molecule has 1 unspecified atom stereocenters. The maximum absolute atomic E-state index is 10.2. The van der Waals surface area contributed by atoms with E-state index in [1.807, 2.05) is 0 Å². The molecule has 5 heteroatoms. The molecule has 0 rings (SSSR count). The fourth-order valence-corrected chi connectivity index (χ4v) is 0. The molecule has 0 radical (unpaired) electrons. The normalized spacial score (nSPS) is 5.80. The Labute approximate surface area is 48.9 Å². The number of hydrogen-bond donors (Lipinski definition) is 0. The first-order valence-electron chi connectivity index (χ1n) is 0.454. The van der Waals surface area contributed by atoms with Gasteiger partial charge in [-0.2, -0.15) is 0 Å². The van der Waals surface area contributed by atoms with Crippen LogP contribution in [0.15, 0.2) is 0 Å². The summed E-state index contributed by atoms with van der Waals surface area (Å²) < 4.78 is 10.2. The molecule has 0 aromatic rings. The predicted molar refractivity (Wildman–Crippen MR) is 32.7 cm³/mol. The summed E-state index contributed by atoms with van der Waals surface area (Å²) in [6.45, 7) is 0. The van der Waals surface area contributed by atoms with Gasteiger partial charge < -0.3 is 0 Å². The molecular weight excluding hydrogens is 153 g/mol. The lowest BCUT2D eigenvalue weighted by Gasteiger charge is -1.27. The smallest absolute Gasteiger partial charge is 0.0917 e. The molecule has 0 bridgehead atoms. The van der Waals surface area contributed by atoms with Crippen LogP contribution in [0.5, 0.6) is 0 Å². The van der Waals surface area contributed by atoms with E-state index in [9.17, 15) is 4.20 Å². The highest BCUT2D eigenvalue weighted by Crippen LogP contribution is 1.84. The van der Waals surface area contributed by atoms with Crippen molar-refractivity contribution in [2.24, 2.45) is 0 Å². The van der Waals surface area contributed by atoms with Crippen molar-refractivity contribution in [1.29, 1.82) is 0 Å². The van der Waals surface area contributed by atoms with Crippen molar-refractivity contribution in [3.8, 4) is 0 Å². The van der Waals surface area contributed by atoms with E-state index in [1.54, 1.807) is 0 Å². The van der Waals surface area contributed by atoms with Crippen molar-refractivity contribution in [1.82, 2.24) is 0 Å². The summed E-state index contributed by atoms with van der Waals surface area (Å²) in [5, 5.41) is 0. The van der Waals surface area contributed by atoms with Crippen LogP contribution >= 0.6 is 32.5 Å². The van der Waals surface area contributed by atoms with Gasteiger partial charge in [0.05, 0.1) is 7.67 Å². The molecule has 0 aliphatic carbocycles. The Balaban J connectivity index is -0.0000000200. The Kier molecular flexibility index (Phi) is 62.9. The van der Waals surface area contributed by atoms with Gasteiger partial charge in [-0.15, -0.1) is 24.8 Å². The van der Waals surface area contributed by atoms with E-state index in [0.717, 1.165) is 0 Å². The molecule has 0 N–H and O–H groups in total. The van der Waals surface area contributed by atoms with Gasteiger partial charge in [0.25, 0.3) is 0 Å². The Morgan fingerprint density at radius 1 is 1.40 bits per heavy atom. The summed E-state index contributed by atoms with van der Waals surface area (Å²) in [6.07, 6.45) is 0. The van der Waals surface area contributed by atoms with Gasteiger partial charge >= 0.3 is 0 Å². The molecule has 0 aromatic carbocycles. The quantitative estimate of drug-likeness (QED) is 0.481. The molecule has 0 heterocycles. The molecule has 0 nitrogen and oxygen atoms in total. The monoisotopic (exact) mass is 156 g/mol. The van der Waals surface area contributed by atoms with Gasteiger partial charge in [0.2, 0.25) is 0 Å². The fourth-order valence-electron chi connectivity index (χ4n) is 0. The molecular formula is H4Cl2FPS. The van der Waals surface area contributed by atoms with Crippen molar-refractivity contribution in [3.63, 3.8) is 0 Å². The minimum absolute atomic E-state index is 0. The summed E-state index contributed by atoms with van der Waals surface area (Å²) in [5.74, 6) is 0. The molecule has 0 fully saturated rings. The van der Waals surface area contributed by atoms with Gasteiger partial charge in [-0.3, -0.25) is 0 Å². The van der Waals surface area contributed by atoms with Gasteiger partial charge in [0.15, 0.2) is 0 Å². The molecule has 0 saturated carbocycles. The Morgan fingerprint density at radius 2 is 1.40 bits per heavy atom. The van der Waals surface area contributed by atoms with Gasteiger partial charge in [0.1, 0.15) is 0 Å². The molecule has 0 aliphatic heterocycles. The second-order valence-electron chi connectivity index (χ2n) is 0.0891. The summed E-state index contributed by atoms with van der Waals surface area (Å²) in [5.41, 5.74) is 0. The van der Waals surface area contributed by atoms with E-state index >= 15 is 0 Å². The molecule has 36 valence electrons. The molecule has 1 atom stereocenters. The maximum atomic E-state index is 10.2. The third-order valence-corrected chi connectivity index (χ3v) is 0. The zero-order chi connectivity index (χ0) is 2.71. The van der Waals surface area contributed by atoms with Crippen LogP contribution in [-0.2, 0) is 11.8 Å². The van der Waals surface area contributed by atoms with E-state index in [0.29, 0.717) is 0 Å². The number of halogens is 3. The van der Waals surface area contributed by atoms with Crippen molar-refractivity contribution >= 4 is 44.3 Å². The van der Waals surface area contributed by atoms with Crippen LogP contribution in [0.2, 0.25) is 0 Å². The van der Waals surface area contributed by atoms with E-state index in [4.69, 9.17) is 0 Å². The molecule has 0 amide bonds. The van der Waals surface area contributed by atoms with E-state index in [2.05, 4.69) is 11.8 Å². The Morgan fingerprint density at radius 3 is 1.40 bits per heavy atom. The molecule has 0 aromatic heterocycles. The van der Waals surface area contributed by atoms with E-state index < -0.39 is 7.67 Å². The summed E-state index contributed by atoms with van der Waals surface area (Å²) in [4.78, 5) is 0. The molecule has 5 heavy (non-hydrogen) atoms. The van der Waals surface area contributed by atoms with Crippen LogP contribution in [0.1, 0.15) is 0 Å². The van der Waals surface area contributed by atoms with Gasteiger partial charge in [0, 0.05) is 0 Å². The van der Waals surface area contributed by atoms with Crippen LogP contribution in [-0.4, -0.2) is 0 Å². The zero-order valence-corrected chi connectivity index (χ0v) is 5.78. The summed E-state index contributed by atoms with van der Waals surface area (Å²) in [7, 11) is -1.17. The number of hydrogen-bond acceptors (Lipinski definition) is 1. The fraction of sp³-hybridized carbons (Fsp3) is 0. The standard InChI is InChI=1S/2ClH.FH2PS/c;;1-2-3/h2*1H;2H2. The lowest BCUT2D eigenvalue weighted by atomic mass is 18.9. The summed E-state index contributed by atoms with van der Waals surface area (Å²) >= 11 is 3.81.